The van der Waals surface area contributed by atoms with Gasteiger partial charge in [-0.15, -0.1) is 0 Å². The van der Waals surface area contributed by atoms with Gasteiger partial charge in [0.05, 0.1) is 6.10 Å². The Kier molecular flexibility index (Phi) is 5.79. The molecule has 0 radical (unpaired) electrons. The van der Waals surface area contributed by atoms with Gasteiger partial charge in [0.15, 0.2) is 6.04 Å². The molecule has 1 aromatic carbocycles. The van der Waals surface area contributed by atoms with Crippen LogP contribution in [-0.4, -0.2) is 28.9 Å². The molecular weight excluding hydrogens is 286 g/mol. The highest BCUT2D eigenvalue weighted by atomic mass is 16.6. The van der Waals surface area contributed by atoms with E-state index in [0.717, 1.165) is 0 Å². The molecule has 0 aliphatic heterocycles. The van der Waals surface area contributed by atoms with Gasteiger partial charge in [0.25, 0.3) is 0 Å². The number of ether oxygens (including phenoxy) is 2. The predicted octanol–water partition coefficient (Wildman–Crippen LogP) is 3.12. The van der Waals surface area contributed by atoms with Crippen LogP contribution in [0.15, 0.2) is 24.3 Å². The molecule has 0 aliphatic rings. The number of aliphatic carboxylic acids is 1. The van der Waals surface area contributed by atoms with E-state index in [9.17, 15) is 14.7 Å². The first kappa shape index (κ1) is 17.8. The zero-order chi connectivity index (χ0) is 16.9. The summed E-state index contributed by atoms with van der Waals surface area (Å²) in [5.41, 5.74) is -0.253. The molecule has 1 unspecified atom stereocenters. The molecule has 6 nitrogen and oxygen atoms in total. The van der Waals surface area contributed by atoms with Gasteiger partial charge >= 0.3 is 12.1 Å². The number of alkyl carbamates (subject to hydrolysis) is 1. The maximum Gasteiger partial charge on any atom is 0.408 e. The second-order valence-electron chi connectivity index (χ2n) is 6.15. The highest BCUT2D eigenvalue weighted by Crippen LogP contribution is 2.20. The Bertz CT molecular complexity index is 516. The molecule has 6 heteroatoms. The van der Waals surface area contributed by atoms with Crippen molar-refractivity contribution >= 4 is 12.1 Å². The minimum absolute atomic E-state index is 0.0287. The SMILES string of the molecule is CC(C)Oc1ccc(C(NC(=O)OC(C)(C)C)C(=O)O)cc1. The zero-order valence-electron chi connectivity index (χ0n) is 13.5. The normalized spacial score (nSPS) is 12.6. The van der Waals surface area contributed by atoms with Crippen molar-refractivity contribution in [1.82, 2.24) is 5.32 Å². The highest BCUT2D eigenvalue weighted by molar-refractivity contribution is 5.81. The van der Waals surface area contributed by atoms with Crippen LogP contribution in [0.1, 0.15) is 46.2 Å². The molecule has 0 bridgehead atoms. The van der Waals surface area contributed by atoms with Crippen LogP contribution < -0.4 is 10.1 Å². The number of carboxylic acids is 1. The minimum atomic E-state index is -1.18. The van der Waals surface area contributed by atoms with Crippen molar-refractivity contribution in [3.63, 3.8) is 0 Å². The van der Waals surface area contributed by atoms with Crippen molar-refractivity contribution in [2.24, 2.45) is 0 Å². The average molecular weight is 309 g/mol. The Hall–Kier alpha value is -2.24. The maximum atomic E-state index is 11.7. The summed E-state index contributed by atoms with van der Waals surface area (Å²) in [6.45, 7) is 8.93. The van der Waals surface area contributed by atoms with Crippen LogP contribution in [0.5, 0.6) is 5.75 Å². The fourth-order valence-corrected chi connectivity index (χ4v) is 1.72. The molecule has 0 spiro atoms. The first-order valence-corrected chi connectivity index (χ1v) is 7.07. The van der Waals surface area contributed by atoms with E-state index in [1.54, 1.807) is 45.0 Å². The van der Waals surface area contributed by atoms with Gasteiger partial charge in [-0.25, -0.2) is 9.59 Å². The number of amides is 1. The summed E-state index contributed by atoms with van der Waals surface area (Å²) in [5.74, 6) is -0.524. The smallest absolute Gasteiger partial charge is 0.408 e. The fraction of sp³-hybridized carbons (Fsp3) is 0.500. The molecule has 0 saturated carbocycles. The van der Waals surface area contributed by atoms with E-state index in [0.29, 0.717) is 11.3 Å². The van der Waals surface area contributed by atoms with E-state index >= 15 is 0 Å². The van der Waals surface area contributed by atoms with Crippen LogP contribution in [0.2, 0.25) is 0 Å². The number of carbonyl (C=O) groups excluding carboxylic acids is 1. The number of nitrogens with one attached hydrogen (secondary N) is 1. The zero-order valence-corrected chi connectivity index (χ0v) is 13.5. The molecule has 0 fully saturated rings. The second-order valence-corrected chi connectivity index (χ2v) is 6.15. The molecule has 2 N–H and O–H groups in total. The number of hydrogen-bond acceptors (Lipinski definition) is 4. The second kappa shape index (κ2) is 7.15. The van der Waals surface area contributed by atoms with Crippen LogP contribution in [-0.2, 0) is 9.53 Å². The molecule has 1 rings (SSSR count). The van der Waals surface area contributed by atoms with E-state index in [-0.39, 0.29) is 6.10 Å². The number of benzene rings is 1. The van der Waals surface area contributed by atoms with Crippen molar-refractivity contribution in [2.75, 3.05) is 0 Å². The fourth-order valence-electron chi connectivity index (χ4n) is 1.72. The Morgan fingerprint density at radius 1 is 1.14 bits per heavy atom. The van der Waals surface area contributed by atoms with Crippen LogP contribution in [0.4, 0.5) is 4.79 Å². The molecule has 122 valence electrons. The van der Waals surface area contributed by atoms with Gasteiger partial charge in [0, 0.05) is 0 Å². The van der Waals surface area contributed by atoms with Gasteiger partial charge < -0.3 is 19.9 Å². The van der Waals surface area contributed by atoms with Gasteiger partial charge in [-0.1, -0.05) is 12.1 Å². The maximum absolute atomic E-state index is 11.7. The van der Waals surface area contributed by atoms with Crippen LogP contribution in [0.25, 0.3) is 0 Å². The summed E-state index contributed by atoms with van der Waals surface area (Å²) in [4.78, 5) is 23.1. The van der Waals surface area contributed by atoms with Crippen molar-refractivity contribution in [3.8, 4) is 5.75 Å². The van der Waals surface area contributed by atoms with Gasteiger partial charge in [-0.2, -0.15) is 0 Å². The number of carboxylic acid groups (broad SMARTS) is 1. The molecule has 0 aromatic heterocycles. The van der Waals surface area contributed by atoms with Crippen molar-refractivity contribution in [3.05, 3.63) is 29.8 Å². The van der Waals surface area contributed by atoms with E-state index < -0.39 is 23.7 Å². The van der Waals surface area contributed by atoms with Crippen molar-refractivity contribution in [2.45, 2.75) is 52.4 Å². The lowest BCUT2D eigenvalue weighted by atomic mass is 10.1. The third-order valence-corrected chi connectivity index (χ3v) is 2.49. The van der Waals surface area contributed by atoms with Crippen LogP contribution >= 0.6 is 0 Å². The van der Waals surface area contributed by atoms with Crippen LogP contribution in [0.3, 0.4) is 0 Å². The molecule has 1 atom stereocenters. The topological polar surface area (TPSA) is 84.9 Å². The predicted molar refractivity (Wildman–Crippen MR) is 82.0 cm³/mol. The van der Waals surface area contributed by atoms with Crippen molar-refractivity contribution < 1.29 is 24.2 Å². The molecule has 1 aromatic rings. The van der Waals surface area contributed by atoms with Gasteiger partial charge in [0.1, 0.15) is 11.4 Å². The Labute approximate surface area is 130 Å². The first-order valence-electron chi connectivity index (χ1n) is 7.07. The molecule has 0 heterocycles. The van der Waals surface area contributed by atoms with E-state index in [1.807, 2.05) is 13.8 Å². The Morgan fingerprint density at radius 2 is 1.68 bits per heavy atom. The first-order chi connectivity index (χ1) is 10.1. The molecular formula is C16H23NO5. The summed E-state index contributed by atoms with van der Waals surface area (Å²) >= 11 is 0. The number of carbonyl (C=O) groups is 2. The lowest BCUT2D eigenvalue weighted by Gasteiger charge is -2.22. The van der Waals surface area contributed by atoms with Crippen molar-refractivity contribution in [1.29, 1.82) is 0 Å². The Balaban J connectivity index is 2.83. The van der Waals surface area contributed by atoms with Crippen LogP contribution in [0, 0.1) is 0 Å². The summed E-state index contributed by atoms with van der Waals surface area (Å²) in [7, 11) is 0. The standard InChI is InChI=1S/C16H23NO5/c1-10(2)21-12-8-6-11(7-9-12)13(14(18)19)17-15(20)22-16(3,4)5/h6-10,13H,1-5H3,(H,17,20)(H,18,19). The molecule has 22 heavy (non-hydrogen) atoms. The van der Waals surface area contributed by atoms with E-state index in [4.69, 9.17) is 9.47 Å². The highest BCUT2D eigenvalue weighted by Gasteiger charge is 2.25. The summed E-state index contributed by atoms with van der Waals surface area (Å²) in [6, 6.07) is 5.37. The number of rotatable bonds is 5. The van der Waals surface area contributed by atoms with Gasteiger partial charge in [-0.05, 0) is 52.3 Å². The average Bonchev–Trinajstić information content (AvgIpc) is 2.34. The molecule has 0 aliphatic carbocycles. The lowest BCUT2D eigenvalue weighted by Crippen LogP contribution is -2.38. The lowest BCUT2D eigenvalue weighted by molar-refractivity contribution is -0.139. The summed E-state index contributed by atoms with van der Waals surface area (Å²) in [5, 5.41) is 11.6. The van der Waals surface area contributed by atoms with E-state index in [2.05, 4.69) is 5.32 Å². The third-order valence-electron chi connectivity index (χ3n) is 2.49. The summed E-state index contributed by atoms with van der Waals surface area (Å²) in [6.07, 6.45) is -0.747. The number of hydrogen-bond donors (Lipinski definition) is 2. The third kappa shape index (κ3) is 6.03. The minimum Gasteiger partial charge on any atom is -0.491 e. The monoisotopic (exact) mass is 309 g/mol. The summed E-state index contributed by atoms with van der Waals surface area (Å²) < 4.78 is 10.6. The quantitative estimate of drug-likeness (QED) is 0.873. The molecule has 0 saturated heterocycles. The van der Waals surface area contributed by atoms with Gasteiger partial charge in [0.2, 0.25) is 0 Å². The van der Waals surface area contributed by atoms with Gasteiger partial charge in [-0.3, -0.25) is 0 Å². The Morgan fingerprint density at radius 3 is 2.09 bits per heavy atom. The largest absolute Gasteiger partial charge is 0.491 e. The van der Waals surface area contributed by atoms with E-state index in [1.165, 1.54) is 0 Å². The molecule has 1 amide bonds.